The molecule has 0 unspecified atom stereocenters. The van der Waals surface area contributed by atoms with Gasteiger partial charge in [0.2, 0.25) is 0 Å². The number of benzene rings is 1. The number of aromatic amines is 1. The van der Waals surface area contributed by atoms with Gasteiger partial charge in [-0.2, -0.15) is 5.10 Å². The monoisotopic (exact) mass is 482 g/mol. The fourth-order valence-electron chi connectivity index (χ4n) is 4.39. The van der Waals surface area contributed by atoms with Crippen LogP contribution in [0.2, 0.25) is 0 Å². The van der Waals surface area contributed by atoms with E-state index in [1.54, 1.807) is 32.8 Å². The highest BCUT2D eigenvalue weighted by molar-refractivity contribution is 7.07. The molecular weight excluding hydrogens is 459 g/mol. The summed E-state index contributed by atoms with van der Waals surface area (Å²) in [4.78, 5) is 44.9. The van der Waals surface area contributed by atoms with Crippen molar-refractivity contribution in [2.75, 3.05) is 38.0 Å². The normalized spacial score (nSPS) is 15.6. The first-order valence-electron chi connectivity index (χ1n) is 11.1. The molecule has 5 rings (SSSR count). The van der Waals surface area contributed by atoms with Crippen molar-refractivity contribution in [2.45, 2.75) is 19.3 Å². The second-order valence-corrected chi connectivity index (χ2v) is 9.05. The van der Waals surface area contributed by atoms with Crippen LogP contribution >= 0.6 is 11.3 Å². The maximum absolute atomic E-state index is 14.6. The average Bonchev–Trinajstić information content (AvgIpc) is 3.41. The van der Waals surface area contributed by atoms with E-state index in [1.165, 1.54) is 17.4 Å². The second-order valence-electron chi connectivity index (χ2n) is 8.33. The van der Waals surface area contributed by atoms with Crippen LogP contribution in [0.3, 0.4) is 0 Å². The van der Waals surface area contributed by atoms with E-state index in [2.05, 4.69) is 20.5 Å². The summed E-state index contributed by atoms with van der Waals surface area (Å²) >= 11 is 1.36. The number of hydrogen-bond acceptors (Lipinski definition) is 7. The van der Waals surface area contributed by atoms with E-state index in [4.69, 9.17) is 0 Å². The van der Waals surface area contributed by atoms with Gasteiger partial charge in [-0.05, 0) is 30.5 Å². The smallest absolute Gasteiger partial charge is 0.273 e. The topological polar surface area (TPSA) is 111 Å². The highest BCUT2D eigenvalue weighted by Gasteiger charge is 2.28. The number of amides is 2. The van der Waals surface area contributed by atoms with Crippen LogP contribution in [0.15, 0.2) is 33.9 Å². The maximum Gasteiger partial charge on any atom is 0.273 e. The minimum absolute atomic E-state index is 0.0111. The van der Waals surface area contributed by atoms with Gasteiger partial charge in [-0.3, -0.25) is 14.4 Å². The third-order valence-electron chi connectivity index (χ3n) is 6.20. The Morgan fingerprint density at radius 1 is 1.12 bits per heavy atom. The van der Waals surface area contributed by atoms with Crippen LogP contribution in [0.4, 0.5) is 10.1 Å². The van der Waals surface area contributed by atoms with Gasteiger partial charge in [0.05, 0.1) is 22.5 Å². The number of anilines is 1. The number of carbonyl (C=O) groups excluding carboxylic acids is 2. The first-order chi connectivity index (χ1) is 16.5. The van der Waals surface area contributed by atoms with E-state index in [0.717, 1.165) is 24.2 Å². The lowest BCUT2D eigenvalue weighted by atomic mass is 9.99. The molecule has 2 aromatic heterocycles. The Hall–Kier alpha value is -3.60. The van der Waals surface area contributed by atoms with Crippen LogP contribution in [0.5, 0.6) is 0 Å². The number of hydrogen-bond donors (Lipinski definition) is 2. The number of aromatic nitrogens is 3. The van der Waals surface area contributed by atoms with Gasteiger partial charge >= 0.3 is 0 Å². The van der Waals surface area contributed by atoms with Crippen molar-refractivity contribution >= 4 is 28.8 Å². The van der Waals surface area contributed by atoms with Gasteiger partial charge in [-0.1, -0.05) is 6.07 Å². The lowest BCUT2D eigenvalue weighted by molar-refractivity contribution is 0.0530. The van der Waals surface area contributed by atoms with Crippen molar-refractivity contribution in [3.8, 4) is 0 Å². The van der Waals surface area contributed by atoms with Gasteiger partial charge < -0.3 is 15.1 Å². The standard InChI is InChI=1S/C23H23FN6O3S/c24-17-4-3-14(11-18-20-15(2-1-5-25-20)21(31)28-27-18)10-16(17)22(32)29-6-8-30(9-7-29)23(33)19-12-34-13-26-19/h3-4,10,12-13,25H,1-2,5-9,11H2,(H,28,31). The Morgan fingerprint density at radius 2 is 1.88 bits per heavy atom. The highest BCUT2D eigenvalue weighted by atomic mass is 32.1. The van der Waals surface area contributed by atoms with Crippen molar-refractivity contribution in [3.05, 3.63) is 73.3 Å². The molecule has 1 saturated heterocycles. The molecule has 0 aliphatic carbocycles. The molecule has 2 aliphatic rings. The summed E-state index contributed by atoms with van der Waals surface area (Å²) in [5.74, 6) is -1.16. The molecule has 1 aromatic carbocycles. The van der Waals surface area contributed by atoms with Gasteiger partial charge in [0.1, 0.15) is 11.5 Å². The summed E-state index contributed by atoms with van der Waals surface area (Å²) in [6.07, 6.45) is 1.90. The zero-order chi connectivity index (χ0) is 23.7. The third kappa shape index (κ3) is 4.30. The Kier molecular flexibility index (Phi) is 6.10. The van der Waals surface area contributed by atoms with Crippen LogP contribution in [0, 0.1) is 5.82 Å². The van der Waals surface area contributed by atoms with Gasteiger partial charge in [0, 0.05) is 50.1 Å². The van der Waals surface area contributed by atoms with Gasteiger partial charge in [-0.25, -0.2) is 14.5 Å². The molecule has 3 aromatic rings. The van der Waals surface area contributed by atoms with E-state index in [1.807, 2.05) is 0 Å². The van der Waals surface area contributed by atoms with Gasteiger partial charge in [0.25, 0.3) is 17.4 Å². The lowest BCUT2D eigenvalue weighted by Gasteiger charge is -2.34. The Balaban J connectivity index is 1.30. The Bertz CT molecular complexity index is 1280. The summed E-state index contributed by atoms with van der Waals surface area (Å²) in [6.45, 7) is 2.12. The number of H-pyrrole nitrogens is 1. The van der Waals surface area contributed by atoms with Crippen molar-refractivity contribution in [2.24, 2.45) is 0 Å². The quantitative estimate of drug-likeness (QED) is 0.588. The summed E-state index contributed by atoms with van der Waals surface area (Å²) in [6, 6.07) is 4.46. The number of nitrogens with one attached hydrogen (secondary N) is 2. The van der Waals surface area contributed by atoms with Crippen molar-refractivity contribution in [1.82, 2.24) is 25.0 Å². The molecule has 0 bridgehead atoms. The predicted octanol–water partition coefficient (Wildman–Crippen LogP) is 1.91. The van der Waals surface area contributed by atoms with E-state index in [0.29, 0.717) is 56.0 Å². The van der Waals surface area contributed by atoms with Crippen LogP contribution < -0.4 is 10.9 Å². The van der Waals surface area contributed by atoms with Crippen molar-refractivity contribution in [3.63, 3.8) is 0 Å². The molecule has 9 nitrogen and oxygen atoms in total. The largest absolute Gasteiger partial charge is 0.383 e. The van der Waals surface area contributed by atoms with Crippen molar-refractivity contribution in [1.29, 1.82) is 0 Å². The third-order valence-corrected chi connectivity index (χ3v) is 6.79. The Labute approximate surface area is 198 Å². The summed E-state index contributed by atoms with van der Waals surface area (Å²) in [5.41, 5.74) is 4.59. The van der Waals surface area contributed by atoms with Crippen LogP contribution in [0.1, 0.15) is 44.1 Å². The lowest BCUT2D eigenvalue weighted by Crippen LogP contribution is -2.50. The maximum atomic E-state index is 14.6. The molecule has 0 radical (unpaired) electrons. The minimum atomic E-state index is -0.593. The predicted molar refractivity (Wildman–Crippen MR) is 125 cm³/mol. The molecule has 2 aliphatic heterocycles. The van der Waals surface area contributed by atoms with Gasteiger partial charge in [0.15, 0.2) is 0 Å². The summed E-state index contributed by atoms with van der Waals surface area (Å²) in [7, 11) is 0. The zero-order valence-electron chi connectivity index (χ0n) is 18.3. The Morgan fingerprint density at radius 3 is 2.62 bits per heavy atom. The minimum Gasteiger partial charge on any atom is -0.383 e. The SMILES string of the molecule is O=C(c1cscn1)N1CCN(C(=O)c2cc(Cc3n[nH]c(=O)c4c3NCCC4)ccc2F)CC1. The molecule has 176 valence electrons. The molecule has 1 fully saturated rings. The molecule has 0 saturated carbocycles. The number of carbonyl (C=O) groups is 2. The molecule has 34 heavy (non-hydrogen) atoms. The van der Waals surface area contributed by atoms with Gasteiger partial charge in [-0.15, -0.1) is 11.3 Å². The number of nitrogens with zero attached hydrogens (tertiary/aromatic N) is 4. The molecule has 2 N–H and O–H groups in total. The number of piperazine rings is 1. The first-order valence-corrected chi connectivity index (χ1v) is 12.0. The van der Waals surface area contributed by atoms with E-state index < -0.39 is 11.7 Å². The number of halogens is 1. The highest BCUT2D eigenvalue weighted by Crippen LogP contribution is 2.24. The fraction of sp³-hybridized carbons (Fsp3) is 0.348. The zero-order valence-corrected chi connectivity index (χ0v) is 19.2. The number of fused-ring (bicyclic) bond motifs is 1. The van der Waals surface area contributed by atoms with Crippen LogP contribution in [-0.2, 0) is 12.8 Å². The molecule has 0 spiro atoms. The first kappa shape index (κ1) is 22.2. The van der Waals surface area contributed by atoms with Crippen LogP contribution in [-0.4, -0.2) is 69.5 Å². The molecule has 4 heterocycles. The van der Waals surface area contributed by atoms with E-state index in [-0.39, 0.29) is 17.0 Å². The van der Waals surface area contributed by atoms with E-state index >= 15 is 0 Å². The van der Waals surface area contributed by atoms with Crippen molar-refractivity contribution < 1.29 is 14.0 Å². The molecule has 11 heteroatoms. The number of thiazole rings is 1. The van der Waals surface area contributed by atoms with E-state index in [9.17, 15) is 18.8 Å². The summed E-state index contributed by atoms with van der Waals surface area (Å²) < 4.78 is 14.6. The summed E-state index contributed by atoms with van der Waals surface area (Å²) in [5, 5.41) is 11.7. The van der Waals surface area contributed by atoms with Crippen LogP contribution in [0.25, 0.3) is 0 Å². The average molecular weight is 483 g/mol. The second kappa shape index (κ2) is 9.34. The molecule has 0 atom stereocenters. The number of rotatable bonds is 4. The fourth-order valence-corrected chi connectivity index (χ4v) is 4.91. The molecular formula is C23H23FN6O3S. The molecule has 2 amide bonds.